The minimum absolute atomic E-state index is 0.306. The standard InChI is InChI=1S/C12H15N3OS/c1-16-10-4-2-3-8(10)15-12-11-9(5-6-17-11)13-7-14-12/h5-8,10H,2-4H2,1H3,(H,13,14,15). The smallest absolute Gasteiger partial charge is 0.147 e. The van der Waals surface area contributed by atoms with Crippen LogP contribution in [-0.2, 0) is 4.74 Å². The molecular weight excluding hydrogens is 234 g/mol. The average molecular weight is 249 g/mol. The molecule has 0 aromatic carbocycles. The van der Waals surface area contributed by atoms with Crippen LogP contribution in [0.1, 0.15) is 19.3 Å². The van der Waals surface area contributed by atoms with Crippen molar-refractivity contribution in [2.45, 2.75) is 31.4 Å². The third-order valence-electron chi connectivity index (χ3n) is 3.32. The Balaban J connectivity index is 1.87. The maximum absolute atomic E-state index is 5.49. The summed E-state index contributed by atoms with van der Waals surface area (Å²) in [5.41, 5.74) is 1.01. The van der Waals surface area contributed by atoms with Gasteiger partial charge in [-0.3, -0.25) is 0 Å². The number of methoxy groups -OCH3 is 1. The van der Waals surface area contributed by atoms with Gasteiger partial charge in [0.2, 0.25) is 0 Å². The van der Waals surface area contributed by atoms with Crippen LogP contribution >= 0.6 is 11.3 Å². The molecule has 1 saturated carbocycles. The van der Waals surface area contributed by atoms with Crippen LogP contribution in [0.5, 0.6) is 0 Å². The Labute approximate surface area is 104 Å². The van der Waals surface area contributed by atoms with E-state index < -0.39 is 0 Å². The normalized spacial score (nSPS) is 24.3. The molecule has 5 heteroatoms. The predicted octanol–water partition coefficient (Wildman–Crippen LogP) is 2.67. The summed E-state index contributed by atoms with van der Waals surface area (Å²) in [6, 6.07) is 2.40. The van der Waals surface area contributed by atoms with Gasteiger partial charge in [-0.05, 0) is 30.7 Å². The zero-order valence-corrected chi connectivity index (χ0v) is 10.5. The van der Waals surface area contributed by atoms with Crippen LogP contribution in [0.4, 0.5) is 5.82 Å². The van der Waals surface area contributed by atoms with E-state index in [1.807, 2.05) is 11.4 Å². The molecule has 1 fully saturated rings. The molecule has 0 amide bonds. The van der Waals surface area contributed by atoms with Crippen LogP contribution in [0, 0.1) is 0 Å². The molecule has 1 N–H and O–H groups in total. The minimum Gasteiger partial charge on any atom is -0.379 e. The average Bonchev–Trinajstić information content (AvgIpc) is 2.97. The van der Waals surface area contributed by atoms with E-state index in [1.54, 1.807) is 24.8 Å². The largest absolute Gasteiger partial charge is 0.379 e. The predicted molar refractivity (Wildman–Crippen MR) is 69.5 cm³/mol. The van der Waals surface area contributed by atoms with Crippen LogP contribution in [0.15, 0.2) is 17.8 Å². The van der Waals surface area contributed by atoms with Gasteiger partial charge < -0.3 is 10.1 Å². The molecule has 3 rings (SSSR count). The number of hydrogen-bond acceptors (Lipinski definition) is 5. The van der Waals surface area contributed by atoms with Crippen molar-refractivity contribution in [1.29, 1.82) is 0 Å². The highest BCUT2D eigenvalue weighted by atomic mass is 32.1. The maximum Gasteiger partial charge on any atom is 0.147 e. The summed E-state index contributed by atoms with van der Waals surface area (Å²) in [7, 11) is 1.78. The molecule has 90 valence electrons. The number of fused-ring (bicyclic) bond motifs is 1. The van der Waals surface area contributed by atoms with Crippen molar-refractivity contribution < 1.29 is 4.74 Å². The lowest BCUT2D eigenvalue weighted by atomic mass is 10.2. The second-order valence-electron chi connectivity index (χ2n) is 4.31. The number of anilines is 1. The topological polar surface area (TPSA) is 47.0 Å². The monoisotopic (exact) mass is 249 g/mol. The Kier molecular flexibility index (Phi) is 2.94. The van der Waals surface area contributed by atoms with Crippen molar-refractivity contribution >= 4 is 27.4 Å². The molecule has 2 heterocycles. The maximum atomic E-state index is 5.49. The Morgan fingerprint density at radius 2 is 2.35 bits per heavy atom. The molecule has 0 spiro atoms. The van der Waals surface area contributed by atoms with E-state index in [0.717, 1.165) is 28.9 Å². The Hall–Kier alpha value is -1.20. The fraction of sp³-hybridized carbons (Fsp3) is 0.500. The first-order chi connectivity index (χ1) is 8.38. The van der Waals surface area contributed by atoms with Gasteiger partial charge in [0.05, 0.1) is 22.4 Å². The summed E-state index contributed by atoms with van der Waals surface area (Å²) in [4.78, 5) is 8.59. The summed E-state index contributed by atoms with van der Waals surface area (Å²) in [6.45, 7) is 0. The third-order valence-corrected chi connectivity index (χ3v) is 4.23. The molecule has 2 unspecified atom stereocenters. The van der Waals surface area contributed by atoms with Crippen LogP contribution in [0.25, 0.3) is 10.2 Å². The van der Waals surface area contributed by atoms with E-state index in [1.165, 1.54) is 6.42 Å². The molecule has 0 saturated heterocycles. The van der Waals surface area contributed by atoms with Crippen LogP contribution in [-0.4, -0.2) is 29.2 Å². The third kappa shape index (κ3) is 2.00. The first-order valence-corrected chi connectivity index (χ1v) is 6.74. The summed E-state index contributed by atoms with van der Waals surface area (Å²) < 4.78 is 6.62. The van der Waals surface area contributed by atoms with Crippen molar-refractivity contribution in [3.63, 3.8) is 0 Å². The number of hydrogen-bond donors (Lipinski definition) is 1. The number of nitrogens with zero attached hydrogens (tertiary/aromatic N) is 2. The van der Waals surface area contributed by atoms with E-state index in [0.29, 0.717) is 12.1 Å². The number of nitrogens with one attached hydrogen (secondary N) is 1. The molecule has 2 atom stereocenters. The number of rotatable bonds is 3. The van der Waals surface area contributed by atoms with Gasteiger partial charge in [-0.15, -0.1) is 11.3 Å². The van der Waals surface area contributed by atoms with Gasteiger partial charge in [0.25, 0.3) is 0 Å². The molecule has 2 aromatic rings. The van der Waals surface area contributed by atoms with Gasteiger partial charge in [-0.2, -0.15) is 0 Å². The molecular formula is C12H15N3OS. The molecule has 1 aliphatic carbocycles. The highest BCUT2D eigenvalue weighted by Crippen LogP contribution is 2.29. The van der Waals surface area contributed by atoms with E-state index in [2.05, 4.69) is 15.3 Å². The summed E-state index contributed by atoms with van der Waals surface area (Å²) >= 11 is 1.68. The highest BCUT2D eigenvalue weighted by molar-refractivity contribution is 7.17. The van der Waals surface area contributed by atoms with Crippen molar-refractivity contribution in [3.8, 4) is 0 Å². The van der Waals surface area contributed by atoms with Crippen LogP contribution in [0.3, 0.4) is 0 Å². The SMILES string of the molecule is COC1CCCC1Nc1ncnc2ccsc12. The van der Waals surface area contributed by atoms with Crippen molar-refractivity contribution in [2.24, 2.45) is 0 Å². The van der Waals surface area contributed by atoms with E-state index >= 15 is 0 Å². The quantitative estimate of drug-likeness (QED) is 0.908. The van der Waals surface area contributed by atoms with Gasteiger partial charge in [-0.25, -0.2) is 9.97 Å². The van der Waals surface area contributed by atoms with Crippen molar-refractivity contribution in [1.82, 2.24) is 9.97 Å². The molecule has 17 heavy (non-hydrogen) atoms. The molecule has 0 bridgehead atoms. The lowest BCUT2D eigenvalue weighted by Gasteiger charge is -2.20. The molecule has 2 aromatic heterocycles. The molecule has 1 aliphatic rings. The lowest BCUT2D eigenvalue weighted by molar-refractivity contribution is 0.101. The Morgan fingerprint density at radius 3 is 3.24 bits per heavy atom. The molecule has 0 radical (unpaired) electrons. The zero-order valence-electron chi connectivity index (χ0n) is 9.72. The lowest BCUT2D eigenvalue weighted by Crippen LogP contribution is -2.30. The van der Waals surface area contributed by atoms with Crippen molar-refractivity contribution in [3.05, 3.63) is 17.8 Å². The fourth-order valence-electron chi connectivity index (χ4n) is 2.44. The molecule has 0 aliphatic heterocycles. The zero-order chi connectivity index (χ0) is 11.7. The van der Waals surface area contributed by atoms with Gasteiger partial charge in [0.1, 0.15) is 12.1 Å². The second kappa shape index (κ2) is 4.58. The van der Waals surface area contributed by atoms with Gasteiger partial charge in [-0.1, -0.05) is 0 Å². The minimum atomic E-state index is 0.306. The highest BCUT2D eigenvalue weighted by Gasteiger charge is 2.27. The van der Waals surface area contributed by atoms with E-state index in [4.69, 9.17) is 4.74 Å². The van der Waals surface area contributed by atoms with Gasteiger partial charge in [0, 0.05) is 7.11 Å². The van der Waals surface area contributed by atoms with E-state index in [9.17, 15) is 0 Å². The first-order valence-electron chi connectivity index (χ1n) is 5.86. The van der Waals surface area contributed by atoms with Gasteiger partial charge >= 0.3 is 0 Å². The molecule has 4 nitrogen and oxygen atoms in total. The van der Waals surface area contributed by atoms with E-state index in [-0.39, 0.29) is 0 Å². The van der Waals surface area contributed by atoms with Gasteiger partial charge in [0.15, 0.2) is 0 Å². The summed E-state index contributed by atoms with van der Waals surface area (Å²) in [5, 5.41) is 5.55. The Morgan fingerprint density at radius 1 is 1.41 bits per heavy atom. The number of ether oxygens (including phenoxy) is 1. The first kappa shape index (κ1) is 10.9. The number of thiophene rings is 1. The van der Waals surface area contributed by atoms with Crippen LogP contribution < -0.4 is 5.32 Å². The summed E-state index contributed by atoms with van der Waals surface area (Å²) in [5.74, 6) is 0.943. The Bertz CT molecular complexity index is 513. The number of aromatic nitrogens is 2. The second-order valence-corrected chi connectivity index (χ2v) is 5.23. The fourth-order valence-corrected chi connectivity index (χ4v) is 3.24. The van der Waals surface area contributed by atoms with Crippen LogP contribution in [0.2, 0.25) is 0 Å². The summed E-state index contributed by atoms with van der Waals surface area (Å²) in [6.07, 6.45) is 5.42. The van der Waals surface area contributed by atoms with Crippen molar-refractivity contribution in [2.75, 3.05) is 12.4 Å².